The van der Waals surface area contributed by atoms with Gasteiger partial charge in [0, 0.05) is 13.2 Å². The summed E-state index contributed by atoms with van der Waals surface area (Å²) in [5.41, 5.74) is 0.532. The highest BCUT2D eigenvalue weighted by Gasteiger charge is 2.33. The van der Waals surface area contributed by atoms with Crippen LogP contribution in [0.4, 0.5) is 11.4 Å². The molecule has 2 aromatic rings. The highest BCUT2D eigenvalue weighted by Crippen LogP contribution is 2.39. The van der Waals surface area contributed by atoms with Crippen LogP contribution in [-0.4, -0.2) is 53.4 Å². The molecule has 1 N–H and O–H groups in total. The minimum atomic E-state index is -0.712. The molecule has 0 atom stereocenters. The fourth-order valence-corrected chi connectivity index (χ4v) is 3.75. The Morgan fingerprint density at radius 3 is 2.63 bits per heavy atom. The first kappa shape index (κ1) is 21.3. The van der Waals surface area contributed by atoms with Gasteiger partial charge in [-0.2, -0.15) is 0 Å². The number of nitro benzene ring substituents is 1. The number of para-hydroxylation sites is 1. The summed E-state index contributed by atoms with van der Waals surface area (Å²) in [5, 5.41) is 21.6. The lowest BCUT2D eigenvalue weighted by atomic mass is 10.1. The van der Waals surface area contributed by atoms with E-state index >= 15 is 0 Å². The van der Waals surface area contributed by atoms with Crippen molar-refractivity contribution >= 4 is 40.3 Å². The van der Waals surface area contributed by atoms with Crippen LogP contribution >= 0.6 is 11.8 Å². The van der Waals surface area contributed by atoms with Crippen molar-refractivity contribution in [1.29, 1.82) is 0 Å². The molecule has 1 saturated heterocycles. The van der Waals surface area contributed by atoms with Crippen LogP contribution in [0.1, 0.15) is 5.56 Å². The lowest BCUT2D eigenvalue weighted by Gasteiger charge is -2.14. The van der Waals surface area contributed by atoms with Crippen molar-refractivity contribution in [2.24, 2.45) is 4.99 Å². The minimum Gasteiger partial charge on any atom is -0.500 e. The molecule has 9 nitrogen and oxygen atoms in total. The van der Waals surface area contributed by atoms with Crippen LogP contribution in [0.25, 0.3) is 6.08 Å². The predicted molar refractivity (Wildman–Crippen MR) is 114 cm³/mol. The Morgan fingerprint density at radius 2 is 2.00 bits per heavy atom. The van der Waals surface area contributed by atoms with Crippen molar-refractivity contribution in [3.8, 4) is 11.5 Å². The standard InChI is InChI=1S/C20H19N3O6S/c1-28-9-8-22-19(25)17(30-20(22)21-14-6-4-3-5-7-14)12-13-10-15(23(26)27)18(24)16(11-13)29-2/h3-7,10-12,24H,8-9H2,1-2H3. The fraction of sp³-hybridized carbons (Fsp3) is 0.200. The zero-order valence-electron chi connectivity index (χ0n) is 16.3. The number of ether oxygens (including phenoxy) is 2. The van der Waals surface area contributed by atoms with Crippen molar-refractivity contribution in [3.05, 3.63) is 63.0 Å². The molecule has 1 heterocycles. The Labute approximate surface area is 176 Å². The van der Waals surface area contributed by atoms with Gasteiger partial charge in [0.25, 0.3) is 5.91 Å². The van der Waals surface area contributed by atoms with E-state index in [1.807, 2.05) is 30.3 Å². The highest BCUT2D eigenvalue weighted by molar-refractivity contribution is 8.18. The maximum atomic E-state index is 12.9. The van der Waals surface area contributed by atoms with Crippen LogP contribution in [0.2, 0.25) is 0 Å². The first-order valence-electron chi connectivity index (χ1n) is 8.84. The molecule has 0 spiro atoms. The van der Waals surface area contributed by atoms with E-state index in [2.05, 4.69) is 4.99 Å². The molecule has 0 saturated carbocycles. The maximum Gasteiger partial charge on any atom is 0.315 e. The summed E-state index contributed by atoms with van der Waals surface area (Å²) in [6.07, 6.45) is 1.51. The number of methoxy groups -OCH3 is 2. The number of nitro groups is 1. The summed E-state index contributed by atoms with van der Waals surface area (Å²) in [5.74, 6) is -0.912. The van der Waals surface area contributed by atoms with Crippen molar-refractivity contribution in [1.82, 2.24) is 4.90 Å². The number of aromatic hydroxyl groups is 1. The number of amidine groups is 1. The number of amides is 1. The van der Waals surface area contributed by atoms with E-state index in [0.29, 0.717) is 34.5 Å². The second-order valence-corrected chi connectivity index (χ2v) is 7.15. The van der Waals surface area contributed by atoms with Crippen molar-refractivity contribution in [2.45, 2.75) is 0 Å². The smallest absolute Gasteiger partial charge is 0.315 e. The molecule has 0 unspecified atom stereocenters. The van der Waals surface area contributed by atoms with Gasteiger partial charge in [0.05, 0.1) is 35.8 Å². The number of thioether (sulfide) groups is 1. The van der Waals surface area contributed by atoms with Crippen LogP contribution < -0.4 is 4.74 Å². The third-order valence-electron chi connectivity index (χ3n) is 4.18. The van der Waals surface area contributed by atoms with E-state index in [-0.39, 0.29) is 11.7 Å². The van der Waals surface area contributed by atoms with E-state index < -0.39 is 16.4 Å². The van der Waals surface area contributed by atoms with Gasteiger partial charge in [-0.15, -0.1) is 0 Å². The van der Waals surface area contributed by atoms with Gasteiger partial charge in [-0.05, 0) is 41.6 Å². The monoisotopic (exact) mass is 429 g/mol. The molecule has 0 aliphatic carbocycles. The quantitative estimate of drug-likeness (QED) is 0.406. The molecule has 2 aromatic carbocycles. The number of phenols is 1. The number of hydrogen-bond acceptors (Lipinski definition) is 8. The Bertz CT molecular complexity index is 1020. The average molecular weight is 429 g/mol. The summed E-state index contributed by atoms with van der Waals surface area (Å²) >= 11 is 1.16. The number of phenolic OH excluding ortho intramolecular Hbond substituents is 1. The number of aliphatic imine (C=N–C) groups is 1. The molecule has 1 fully saturated rings. The Morgan fingerprint density at radius 1 is 1.27 bits per heavy atom. The zero-order chi connectivity index (χ0) is 21.7. The van der Waals surface area contributed by atoms with Gasteiger partial charge in [-0.25, -0.2) is 4.99 Å². The molecule has 1 aliphatic heterocycles. The molecule has 0 radical (unpaired) electrons. The molecule has 1 amide bonds. The molecule has 10 heteroatoms. The molecule has 156 valence electrons. The fourth-order valence-electron chi connectivity index (χ4n) is 2.73. The van der Waals surface area contributed by atoms with E-state index in [1.165, 1.54) is 30.2 Å². The van der Waals surface area contributed by atoms with Gasteiger partial charge >= 0.3 is 5.69 Å². The average Bonchev–Trinajstić information content (AvgIpc) is 3.02. The molecule has 30 heavy (non-hydrogen) atoms. The Balaban J connectivity index is 2.01. The summed E-state index contributed by atoms with van der Waals surface area (Å²) in [6, 6.07) is 11.8. The molecule has 3 rings (SSSR count). The summed E-state index contributed by atoms with van der Waals surface area (Å²) in [4.78, 5) is 29.8. The number of carbonyl (C=O) groups excluding carboxylic acids is 1. The van der Waals surface area contributed by atoms with E-state index in [4.69, 9.17) is 9.47 Å². The highest BCUT2D eigenvalue weighted by atomic mass is 32.2. The molecule has 0 bridgehead atoms. The second kappa shape index (κ2) is 9.42. The number of rotatable bonds is 7. The number of benzene rings is 2. The maximum absolute atomic E-state index is 12.9. The van der Waals surface area contributed by atoms with Crippen LogP contribution in [0.15, 0.2) is 52.4 Å². The third kappa shape index (κ3) is 4.61. The molecular weight excluding hydrogens is 410 g/mol. The van der Waals surface area contributed by atoms with Crippen LogP contribution in [0.3, 0.4) is 0 Å². The SMILES string of the molecule is COCCN1C(=O)C(=Cc2cc(OC)c(O)c([N+](=O)[O-])c2)SC1=Nc1ccccc1. The van der Waals surface area contributed by atoms with Crippen molar-refractivity contribution in [3.63, 3.8) is 0 Å². The number of nitrogens with zero attached hydrogens (tertiary/aromatic N) is 3. The second-order valence-electron chi connectivity index (χ2n) is 6.14. The van der Waals surface area contributed by atoms with E-state index in [0.717, 1.165) is 11.8 Å². The third-order valence-corrected chi connectivity index (χ3v) is 5.19. The van der Waals surface area contributed by atoms with Gasteiger partial charge in [0.2, 0.25) is 5.75 Å². The van der Waals surface area contributed by atoms with E-state index in [1.54, 1.807) is 7.11 Å². The topological polar surface area (TPSA) is 114 Å². The van der Waals surface area contributed by atoms with E-state index in [9.17, 15) is 20.0 Å². The van der Waals surface area contributed by atoms with Gasteiger partial charge in [-0.1, -0.05) is 18.2 Å². The van der Waals surface area contributed by atoms with Gasteiger partial charge in [0.15, 0.2) is 10.9 Å². The minimum absolute atomic E-state index is 0.0547. The predicted octanol–water partition coefficient (Wildman–Crippen LogP) is 3.56. The van der Waals surface area contributed by atoms with Crippen molar-refractivity contribution < 1.29 is 24.3 Å². The van der Waals surface area contributed by atoms with Crippen molar-refractivity contribution in [2.75, 3.05) is 27.4 Å². The van der Waals surface area contributed by atoms with Crippen LogP contribution in [0.5, 0.6) is 11.5 Å². The largest absolute Gasteiger partial charge is 0.500 e. The summed E-state index contributed by atoms with van der Waals surface area (Å²) in [7, 11) is 2.84. The van der Waals surface area contributed by atoms with Gasteiger partial charge in [-0.3, -0.25) is 19.8 Å². The number of hydrogen-bond donors (Lipinski definition) is 1. The van der Waals surface area contributed by atoms with Gasteiger partial charge in [0.1, 0.15) is 0 Å². The first-order valence-corrected chi connectivity index (χ1v) is 9.65. The molecule has 1 aliphatic rings. The molecular formula is C20H19N3O6S. The first-order chi connectivity index (χ1) is 14.4. The normalized spacial score (nSPS) is 16.5. The van der Waals surface area contributed by atoms with Crippen LogP contribution in [-0.2, 0) is 9.53 Å². The Kier molecular flexibility index (Phi) is 6.70. The molecule has 0 aromatic heterocycles. The Hall–Kier alpha value is -3.37. The number of carbonyl (C=O) groups is 1. The lowest BCUT2D eigenvalue weighted by molar-refractivity contribution is -0.386. The van der Waals surface area contributed by atoms with Crippen LogP contribution in [0, 0.1) is 10.1 Å². The zero-order valence-corrected chi connectivity index (χ0v) is 17.1. The lowest BCUT2D eigenvalue weighted by Crippen LogP contribution is -2.32. The summed E-state index contributed by atoms with van der Waals surface area (Å²) < 4.78 is 10.1. The summed E-state index contributed by atoms with van der Waals surface area (Å²) in [6.45, 7) is 0.635. The van der Waals surface area contributed by atoms with Gasteiger partial charge < -0.3 is 14.6 Å².